The van der Waals surface area contributed by atoms with Crippen LogP contribution in [0.2, 0.25) is 0 Å². The lowest BCUT2D eigenvalue weighted by molar-refractivity contribution is -0.128. The molecule has 0 heterocycles. The van der Waals surface area contributed by atoms with Crippen molar-refractivity contribution in [1.82, 2.24) is 10.6 Å². The molecule has 0 fully saturated rings. The van der Waals surface area contributed by atoms with Gasteiger partial charge in [0, 0.05) is 35.7 Å². The van der Waals surface area contributed by atoms with Crippen LogP contribution in [0.15, 0.2) is 24.3 Å². The van der Waals surface area contributed by atoms with E-state index in [1.807, 2.05) is 34.6 Å². The first kappa shape index (κ1) is 19.7. The SMILES string of the molecule is CC(C)C(=O)Nc1ccc(C(=O)NCCNC(=O)C(C)(C)C)cc1. The van der Waals surface area contributed by atoms with Crippen molar-refractivity contribution in [3.05, 3.63) is 29.8 Å². The molecule has 1 rings (SSSR count). The number of hydrogen-bond acceptors (Lipinski definition) is 3. The van der Waals surface area contributed by atoms with Crippen molar-refractivity contribution in [2.45, 2.75) is 34.6 Å². The molecule has 1 aromatic rings. The summed E-state index contributed by atoms with van der Waals surface area (Å²) in [6, 6.07) is 6.69. The Kier molecular flexibility index (Phi) is 6.95. The minimum atomic E-state index is -0.444. The molecule has 0 atom stereocenters. The van der Waals surface area contributed by atoms with Crippen molar-refractivity contribution < 1.29 is 14.4 Å². The lowest BCUT2D eigenvalue weighted by Crippen LogP contribution is -2.39. The van der Waals surface area contributed by atoms with Gasteiger partial charge in [-0.15, -0.1) is 0 Å². The highest BCUT2D eigenvalue weighted by Crippen LogP contribution is 2.12. The molecule has 3 amide bonds. The van der Waals surface area contributed by atoms with E-state index in [1.165, 1.54) is 0 Å². The minimum absolute atomic E-state index is 0.0537. The van der Waals surface area contributed by atoms with Gasteiger partial charge in [-0.3, -0.25) is 14.4 Å². The molecule has 24 heavy (non-hydrogen) atoms. The van der Waals surface area contributed by atoms with Crippen LogP contribution in [0, 0.1) is 11.3 Å². The number of anilines is 1. The monoisotopic (exact) mass is 333 g/mol. The van der Waals surface area contributed by atoms with Gasteiger partial charge >= 0.3 is 0 Å². The third kappa shape index (κ3) is 6.40. The fourth-order valence-corrected chi connectivity index (χ4v) is 1.71. The number of hydrogen-bond donors (Lipinski definition) is 3. The summed E-state index contributed by atoms with van der Waals surface area (Å²) in [4.78, 5) is 35.3. The Bertz CT molecular complexity index is 587. The summed E-state index contributed by atoms with van der Waals surface area (Å²) in [5.74, 6) is -0.443. The van der Waals surface area contributed by atoms with Crippen molar-refractivity contribution in [2.24, 2.45) is 11.3 Å². The van der Waals surface area contributed by atoms with E-state index in [0.717, 1.165) is 0 Å². The quantitative estimate of drug-likeness (QED) is 0.697. The van der Waals surface area contributed by atoms with Crippen molar-refractivity contribution in [3.8, 4) is 0 Å². The van der Waals surface area contributed by atoms with E-state index in [9.17, 15) is 14.4 Å². The molecule has 0 saturated heterocycles. The minimum Gasteiger partial charge on any atom is -0.354 e. The average molecular weight is 333 g/mol. The van der Waals surface area contributed by atoms with Gasteiger partial charge in [0.25, 0.3) is 5.91 Å². The molecule has 1 aromatic carbocycles. The molecule has 0 aliphatic heterocycles. The zero-order valence-corrected chi connectivity index (χ0v) is 15.0. The van der Waals surface area contributed by atoms with Crippen LogP contribution >= 0.6 is 0 Å². The molecular weight excluding hydrogens is 306 g/mol. The number of carbonyl (C=O) groups excluding carboxylic acids is 3. The number of amides is 3. The van der Waals surface area contributed by atoms with Crippen molar-refractivity contribution in [3.63, 3.8) is 0 Å². The number of nitrogens with one attached hydrogen (secondary N) is 3. The first-order valence-electron chi connectivity index (χ1n) is 8.08. The van der Waals surface area contributed by atoms with Crippen LogP contribution < -0.4 is 16.0 Å². The molecule has 132 valence electrons. The van der Waals surface area contributed by atoms with Gasteiger partial charge in [-0.1, -0.05) is 34.6 Å². The van der Waals surface area contributed by atoms with Gasteiger partial charge in [-0.2, -0.15) is 0 Å². The van der Waals surface area contributed by atoms with Gasteiger partial charge in [0.1, 0.15) is 0 Å². The molecule has 0 aliphatic carbocycles. The van der Waals surface area contributed by atoms with Crippen molar-refractivity contribution in [2.75, 3.05) is 18.4 Å². The maximum absolute atomic E-state index is 12.0. The van der Waals surface area contributed by atoms with Gasteiger partial charge < -0.3 is 16.0 Å². The Morgan fingerprint density at radius 3 is 2.00 bits per heavy atom. The molecule has 0 bridgehead atoms. The van der Waals surface area contributed by atoms with E-state index in [-0.39, 0.29) is 23.6 Å². The van der Waals surface area contributed by atoms with Gasteiger partial charge in [-0.25, -0.2) is 0 Å². The molecule has 0 unspecified atom stereocenters. The Labute approximate surface area is 143 Å². The van der Waals surface area contributed by atoms with Gasteiger partial charge in [0.05, 0.1) is 0 Å². The standard InChI is InChI=1S/C18H27N3O3/c1-12(2)15(22)21-14-8-6-13(7-9-14)16(23)19-10-11-20-17(24)18(3,4)5/h6-9,12H,10-11H2,1-5H3,(H,19,23)(H,20,24)(H,21,22). The van der Waals surface area contributed by atoms with Crippen molar-refractivity contribution in [1.29, 1.82) is 0 Å². The molecule has 0 radical (unpaired) electrons. The molecule has 3 N–H and O–H groups in total. The Balaban J connectivity index is 2.43. The largest absolute Gasteiger partial charge is 0.354 e. The van der Waals surface area contributed by atoms with Crippen LogP contribution in [0.4, 0.5) is 5.69 Å². The summed E-state index contributed by atoms with van der Waals surface area (Å²) in [6.45, 7) is 9.86. The van der Waals surface area contributed by atoms with Gasteiger partial charge in [0.2, 0.25) is 11.8 Å². The first-order chi connectivity index (χ1) is 11.1. The summed E-state index contributed by atoms with van der Waals surface area (Å²) in [5, 5.41) is 8.28. The topological polar surface area (TPSA) is 87.3 Å². The van der Waals surface area contributed by atoms with E-state index in [1.54, 1.807) is 24.3 Å². The van der Waals surface area contributed by atoms with Crippen LogP contribution in [-0.2, 0) is 9.59 Å². The molecular formula is C18H27N3O3. The normalized spacial score (nSPS) is 11.1. The Hall–Kier alpha value is -2.37. The van der Waals surface area contributed by atoms with Crippen LogP contribution in [0.1, 0.15) is 45.0 Å². The number of carbonyl (C=O) groups is 3. The fourth-order valence-electron chi connectivity index (χ4n) is 1.71. The average Bonchev–Trinajstić information content (AvgIpc) is 2.50. The summed E-state index contributed by atoms with van der Waals surface area (Å²) in [6.07, 6.45) is 0. The lowest BCUT2D eigenvalue weighted by atomic mass is 9.96. The maximum Gasteiger partial charge on any atom is 0.251 e. The predicted octanol–water partition coefficient (Wildman–Crippen LogP) is 2.17. The first-order valence-corrected chi connectivity index (χ1v) is 8.08. The highest BCUT2D eigenvalue weighted by atomic mass is 16.2. The van der Waals surface area contributed by atoms with E-state index < -0.39 is 5.41 Å². The van der Waals surface area contributed by atoms with E-state index in [0.29, 0.717) is 24.3 Å². The Morgan fingerprint density at radius 1 is 0.958 bits per heavy atom. The highest BCUT2D eigenvalue weighted by molar-refractivity contribution is 5.96. The summed E-state index contributed by atoms with van der Waals surface area (Å²) < 4.78 is 0. The summed E-state index contributed by atoms with van der Waals surface area (Å²) in [5.41, 5.74) is 0.711. The second-order valence-corrected chi connectivity index (χ2v) is 6.98. The Morgan fingerprint density at radius 2 is 1.50 bits per heavy atom. The van der Waals surface area contributed by atoms with Gasteiger partial charge in [0.15, 0.2) is 0 Å². The van der Waals surface area contributed by atoms with E-state index in [4.69, 9.17) is 0 Å². The highest BCUT2D eigenvalue weighted by Gasteiger charge is 2.20. The molecule has 0 aliphatic rings. The maximum atomic E-state index is 12.0. The zero-order chi connectivity index (χ0) is 18.3. The predicted molar refractivity (Wildman–Crippen MR) is 94.7 cm³/mol. The van der Waals surface area contributed by atoms with E-state index in [2.05, 4.69) is 16.0 Å². The second-order valence-electron chi connectivity index (χ2n) is 6.98. The fraction of sp³-hybridized carbons (Fsp3) is 0.500. The summed E-state index contributed by atoms with van der Waals surface area (Å²) in [7, 11) is 0. The number of benzene rings is 1. The zero-order valence-electron chi connectivity index (χ0n) is 15.0. The smallest absolute Gasteiger partial charge is 0.251 e. The molecule has 6 nitrogen and oxygen atoms in total. The van der Waals surface area contributed by atoms with E-state index >= 15 is 0 Å². The van der Waals surface area contributed by atoms with Crippen LogP contribution in [0.5, 0.6) is 0 Å². The molecule has 0 aromatic heterocycles. The third-order valence-electron chi connectivity index (χ3n) is 3.32. The summed E-state index contributed by atoms with van der Waals surface area (Å²) >= 11 is 0. The number of rotatable bonds is 6. The molecule has 0 saturated carbocycles. The van der Waals surface area contributed by atoms with Crippen LogP contribution in [-0.4, -0.2) is 30.8 Å². The molecule has 0 spiro atoms. The van der Waals surface area contributed by atoms with Crippen LogP contribution in [0.25, 0.3) is 0 Å². The third-order valence-corrected chi connectivity index (χ3v) is 3.32. The molecule has 6 heteroatoms. The van der Waals surface area contributed by atoms with Crippen LogP contribution in [0.3, 0.4) is 0 Å². The lowest BCUT2D eigenvalue weighted by Gasteiger charge is -2.17. The second kappa shape index (κ2) is 8.47. The van der Waals surface area contributed by atoms with Gasteiger partial charge in [-0.05, 0) is 24.3 Å². The van der Waals surface area contributed by atoms with Crippen molar-refractivity contribution >= 4 is 23.4 Å².